The Morgan fingerprint density at radius 2 is 1.71 bits per heavy atom. The predicted octanol–water partition coefficient (Wildman–Crippen LogP) is 4.17. The number of hydrogen-bond acceptors (Lipinski definition) is 7. The summed E-state index contributed by atoms with van der Waals surface area (Å²) < 4.78 is 10.6. The van der Waals surface area contributed by atoms with Crippen LogP contribution < -0.4 is 14.8 Å². The van der Waals surface area contributed by atoms with E-state index in [0.29, 0.717) is 23.0 Å². The lowest BCUT2D eigenvalue weighted by Gasteiger charge is -2.06. The number of hydrogen-bond donors (Lipinski definition) is 1. The molecule has 1 N–H and O–H groups in total. The van der Waals surface area contributed by atoms with E-state index in [4.69, 9.17) is 9.47 Å². The maximum atomic E-state index is 12.0. The summed E-state index contributed by atoms with van der Waals surface area (Å²) in [5, 5.41) is 2.60. The van der Waals surface area contributed by atoms with Crippen LogP contribution in [0.5, 0.6) is 11.5 Å². The summed E-state index contributed by atoms with van der Waals surface area (Å²) in [5.41, 5.74) is 3.12. The number of nitrogens with zero attached hydrogens (tertiary/aromatic N) is 3. The monoisotopic (exact) mass is 392 g/mol. The minimum Gasteiger partial charge on any atom is -0.497 e. The van der Waals surface area contributed by atoms with Crippen molar-refractivity contribution < 1.29 is 14.3 Å². The van der Waals surface area contributed by atoms with Crippen LogP contribution in [0.25, 0.3) is 17.1 Å². The molecule has 0 aliphatic carbocycles. The molecule has 2 heterocycles. The fraction of sp³-hybridized carbons (Fsp3) is 0.100. The molecule has 1 aliphatic heterocycles. The van der Waals surface area contributed by atoms with Crippen molar-refractivity contribution in [2.24, 2.45) is 4.99 Å². The molecule has 2 aromatic carbocycles. The standard InChI is InChI=1S/C20H16N4O3S/c1-26-14-9-13(10-15(11-14)27-2)23-19-18(28-20(25)24-19)8-12-3-4-16-17(7-12)22-6-5-21-16/h3-11H,1-2H3,(H,23,24,25)/b18-8-. The fourth-order valence-electron chi connectivity index (χ4n) is 2.72. The van der Waals surface area contributed by atoms with Gasteiger partial charge in [0.25, 0.3) is 5.24 Å². The van der Waals surface area contributed by atoms with E-state index in [2.05, 4.69) is 20.3 Å². The van der Waals surface area contributed by atoms with Crippen molar-refractivity contribution in [3.05, 3.63) is 59.3 Å². The van der Waals surface area contributed by atoms with Crippen molar-refractivity contribution in [2.75, 3.05) is 14.2 Å². The Morgan fingerprint density at radius 3 is 2.43 bits per heavy atom. The van der Waals surface area contributed by atoms with Crippen LogP contribution in [0.1, 0.15) is 5.56 Å². The average Bonchev–Trinajstić information content (AvgIpc) is 3.06. The minimum atomic E-state index is -0.180. The SMILES string of the molecule is COc1cc(N=C2NC(=O)S/C2=C\c2ccc3nccnc3c2)cc(OC)c1. The predicted molar refractivity (Wildman–Crippen MR) is 110 cm³/mol. The zero-order valence-electron chi connectivity index (χ0n) is 15.2. The van der Waals surface area contributed by atoms with Crippen molar-refractivity contribution in [3.8, 4) is 11.5 Å². The summed E-state index contributed by atoms with van der Waals surface area (Å²) in [6.07, 6.45) is 5.20. The average molecular weight is 392 g/mol. The van der Waals surface area contributed by atoms with E-state index in [-0.39, 0.29) is 5.24 Å². The highest BCUT2D eigenvalue weighted by molar-refractivity contribution is 8.18. The third-order valence-electron chi connectivity index (χ3n) is 4.02. The molecule has 8 heteroatoms. The number of rotatable bonds is 4. The quantitative estimate of drug-likeness (QED) is 0.717. The first-order chi connectivity index (χ1) is 13.6. The first-order valence-electron chi connectivity index (χ1n) is 8.38. The molecule has 7 nitrogen and oxygen atoms in total. The van der Waals surface area contributed by atoms with Gasteiger partial charge in [-0.2, -0.15) is 0 Å². The first-order valence-corrected chi connectivity index (χ1v) is 9.20. The third kappa shape index (κ3) is 3.81. The van der Waals surface area contributed by atoms with Crippen LogP contribution >= 0.6 is 11.8 Å². The Bertz CT molecular complexity index is 1110. The zero-order chi connectivity index (χ0) is 19.5. The topological polar surface area (TPSA) is 85.7 Å². The van der Waals surface area contributed by atoms with Crippen LogP contribution in [0, 0.1) is 0 Å². The van der Waals surface area contributed by atoms with Crippen LogP contribution in [0.15, 0.2) is 58.7 Å². The number of amides is 1. The molecule has 4 rings (SSSR count). The highest BCUT2D eigenvalue weighted by Crippen LogP contribution is 2.32. The number of nitrogens with one attached hydrogen (secondary N) is 1. The van der Waals surface area contributed by atoms with Gasteiger partial charge >= 0.3 is 0 Å². The maximum Gasteiger partial charge on any atom is 0.289 e. The molecule has 140 valence electrons. The van der Waals surface area contributed by atoms with Gasteiger partial charge in [-0.05, 0) is 35.5 Å². The molecule has 0 radical (unpaired) electrons. The molecule has 1 fully saturated rings. The molecule has 28 heavy (non-hydrogen) atoms. The van der Waals surface area contributed by atoms with Gasteiger partial charge in [-0.1, -0.05) is 6.07 Å². The molecule has 0 bridgehead atoms. The second kappa shape index (κ2) is 7.69. The number of aliphatic imine (C=N–C) groups is 1. The number of ether oxygens (including phenoxy) is 2. The van der Waals surface area contributed by atoms with Gasteiger partial charge in [0.1, 0.15) is 17.3 Å². The Balaban J connectivity index is 1.72. The largest absolute Gasteiger partial charge is 0.497 e. The Hall–Kier alpha value is -3.39. The minimum absolute atomic E-state index is 0.180. The lowest BCUT2D eigenvalue weighted by molar-refractivity contribution is 0.265. The number of fused-ring (bicyclic) bond motifs is 1. The van der Waals surface area contributed by atoms with E-state index < -0.39 is 0 Å². The van der Waals surface area contributed by atoms with Gasteiger partial charge in [-0.15, -0.1) is 0 Å². The Morgan fingerprint density at radius 1 is 1.00 bits per heavy atom. The number of methoxy groups -OCH3 is 2. The molecular formula is C20H16N4O3S. The lowest BCUT2D eigenvalue weighted by atomic mass is 10.1. The van der Waals surface area contributed by atoms with E-state index in [1.165, 1.54) is 0 Å². The Kier molecular flexibility index (Phi) is 4.94. The van der Waals surface area contributed by atoms with Gasteiger partial charge in [-0.25, -0.2) is 4.99 Å². The summed E-state index contributed by atoms with van der Waals surface area (Å²) >= 11 is 1.09. The lowest BCUT2D eigenvalue weighted by Crippen LogP contribution is -2.18. The second-order valence-electron chi connectivity index (χ2n) is 5.86. The summed E-state index contributed by atoms with van der Waals surface area (Å²) in [4.78, 5) is 25.8. The molecular weight excluding hydrogens is 376 g/mol. The summed E-state index contributed by atoms with van der Waals surface area (Å²) in [5.74, 6) is 1.72. The summed E-state index contributed by atoms with van der Waals surface area (Å²) in [7, 11) is 3.15. The molecule has 3 aromatic rings. The van der Waals surface area contributed by atoms with Crippen molar-refractivity contribution >= 4 is 45.6 Å². The van der Waals surface area contributed by atoms with Gasteiger partial charge in [0.2, 0.25) is 0 Å². The van der Waals surface area contributed by atoms with Gasteiger partial charge in [0.05, 0.1) is 35.8 Å². The molecule has 1 amide bonds. The van der Waals surface area contributed by atoms with E-state index in [0.717, 1.165) is 33.3 Å². The number of thioether (sulfide) groups is 1. The first kappa shape index (κ1) is 18.0. The highest BCUT2D eigenvalue weighted by atomic mass is 32.2. The zero-order valence-corrected chi connectivity index (χ0v) is 16.0. The smallest absolute Gasteiger partial charge is 0.289 e. The molecule has 0 unspecified atom stereocenters. The van der Waals surface area contributed by atoms with Gasteiger partial charge in [0.15, 0.2) is 0 Å². The van der Waals surface area contributed by atoms with Crippen molar-refractivity contribution in [1.29, 1.82) is 0 Å². The van der Waals surface area contributed by atoms with Crippen LogP contribution in [-0.2, 0) is 0 Å². The van der Waals surface area contributed by atoms with Crippen LogP contribution in [0.2, 0.25) is 0 Å². The summed E-state index contributed by atoms with van der Waals surface area (Å²) in [6, 6.07) is 11.1. The Labute approximate surface area is 165 Å². The maximum absolute atomic E-state index is 12.0. The number of carbonyl (C=O) groups excluding carboxylic acids is 1. The van der Waals surface area contributed by atoms with E-state index in [9.17, 15) is 4.79 Å². The third-order valence-corrected chi connectivity index (χ3v) is 4.84. The molecule has 0 saturated carbocycles. The van der Waals surface area contributed by atoms with Crippen LogP contribution in [0.4, 0.5) is 10.5 Å². The van der Waals surface area contributed by atoms with E-state index in [1.807, 2.05) is 24.3 Å². The molecule has 0 spiro atoms. The van der Waals surface area contributed by atoms with Gasteiger partial charge in [-0.3, -0.25) is 14.8 Å². The molecule has 1 aliphatic rings. The van der Waals surface area contributed by atoms with Crippen LogP contribution in [-0.4, -0.2) is 35.3 Å². The number of carbonyl (C=O) groups is 1. The van der Waals surface area contributed by atoms with E-state index >= 15 is 0 Å². The van der Waals surface area contributed by atoms with E-state index in [1.54, 1.807) is 44.8 Å². The van der Waals surface area contributed by atoms with Gasteiger partial charge < -0.3 is 14.8 Å². The molecule has 1 aromatic heterocycles. The summed E-state index contributed by atoms with van der Waals surface area (Å²) in [6.45, 7) is 0. The van der Waals surface area contributed by atoms with Crippen molar-refractivity contribution in [3.63, 3.8) is 0 Å². The van der Waals surface area contributed by atoms with Crippen molar-refractivity contribution in [2.45, 2.75) is 0 Å². The van der Waals surface area contributed by atoms with Crippen LogP contribution in [0.3, 0.4) is 0 Å². The van der Waals surface area contributed by atoms with Crippen molar-refractivity contribution in [1.82, 2.24) is 15.3 Å². The number of benzene rings is 2. The van der Waals surface area contributed by atoms with Gasteiger partial charge in [0, 0.05) is 30.6 Å². The fourth-order valence-corrected chi connectivity index (χ4v) is 3.46. The number of amidine groups is 1. The highest BCUT2D eigenvalue weighted by Gasteiger charge is 2.23. The molecule has 0 atom stereocenters. The normalized spacial score (nSPS) is 16.6. The number of aromatic nitrogens is 2. The molecule has 1 saturated heterocycles. The second-order valence-corrected chi connectivity index (χ2v) is 6.87.